The highest BCUT2D eigenvalue weighted by atomic mass is 16.5. The average Bonchev–Trinajstić information content (AvgIpc) is 2.93. The van der Waals surface area contributed by atoms with Crippen LogP contribution in [0, 0.1) is 0 Å². The Bertz CT molecular complexity index is 2140. The van der Waals surface area contributed by atoms with Crippen molar-refractivity contribution in [3.05, 3.63) is 92.7 Å². The molecule has 0 heterocycles. The molecule has 0 bridgehead atoms. The second-order valence-corrected chi connectivity index (χ2v) is 9.28. The lowest BCUT2D eigenvalue weighted by atomic mass is 9.83. The summed E-state index contributed by atoms with van der Waals surface area (Å²) >= 11 is 0. The molecule has 4 nitrogen and oxygen atoms in total. The van der Waals surface area contributed by atoms with Gasteiger partial charge in [-0.2, -0.15) is 0 Å². The van der Waals surface area contributed by atoms with E-state index in [1.54, 1.807) is 14.2 Å². The molecule has 36 heavy (non-hydrogen) atoms. The molecule has 7 rings (SSSR count). The van der Waals surface area contributed by atoms with Gasteiger partial charge in [0, 0.05) is 53.9 Å². The van der Waals surface area contributed by atoms with E-state index in [1.165, 1.54) is 0 Å². The minimum absolute atomic E-state index is 0.00805. The minimum Gasteiger partial charge on any atom is -0.496 e. The molecule has 4 heteroatoms. The maximum absolute atomic E-state index is 14.0. The maximum atomic E-state index is 14.0. The molecule has 0 aromatic heterocycles. The summed E-state index contributed by atoms with van der Waals surface area (Å²) in [4.78, 5) is 27.8. The van der Waals surface area contributed by atoms with Gasteiger partial charge in [0.25, 0.3) is 0 Å². The second kappa shape index (κ2) is 7.28. The molecule has 0 radical (unpaired) electrons. The third kappa shape index (κ3) is 2.38. The molecular weight excluding hydrogens is 448 g/mol. The van der Waals surface area contributed by atoms with Gasteiger partial charge in [-0.15, -0.1) is 0 Å². The summed E-state index contributed by atoms with van der Waals surface area (Å²) in [5.74, 6) is 1.30. The number of fused-ring (bicyclic) bond motifs is 6. The van der Waals surface area contributed by atoms with Crippen molar-refractivity contribution in [1.29, 1.82) is 0 Å². The first-order chi connectivity index (χ1) is 17.6. The van der Waals surface area contributed by atoms with E-state index >= 15 is 0 Å². The number of aryl methyl sites for hydroxylation is 1. The van der Waals surface area contributed by atoms with E-state index in [2.05, 4.69) is 25.1 Å². The number of hydrogen-bond acceptors (Lipinski definition) is 4. The van der Waals surface area contributed by atoms with Gasteiger partial charge in [-0.25, -0.2) is 0 Å². The van der Waals surface area contributed by atoms with Crippen LogP contribution in [-0.4, -0.2) is 14.2 Å². The zero-order chi connectivity index (χ0) is 24.7. The normalized spacial score (nSPS) is 12.1. The summed E-state index contributed by atoms with van der Waals surface area (Å²) in [6.45, 7) is 2.08. The van der Waals surface area contributed by atoms with E-state index < -0.39 is 0 Å². The van der Waals surface area contributed by atoms with Gasteiger partial charge in [-0.05, 0) is 34.9 Å². The largest absolute Gasteiger partial charge is 0.496 e. The smallest absolute Gasteiger partial charge is 0.194 e. The predicted molar refractivity (Wildman–Crippen MR) is 149 cm³/mol. The number of hydrogen-bond donors (Lipinski definition) is 0. The van der Waals surface area contributed by atoms with Crippen LogP contribution in [0.3, 0.4) is 0 Å². The Labute approximate surface area is 206 Å². The summed E-state index contributed by atoms with van der Waals surface area (Å²) in [5, 5.41) is 9.81. The van der Waals surface area contributed by atoms with Crippen molar-refractivity contribution >= 4 is 64.6 Å². The summed E-state index contributed by atoms with van der Waals surface area (Å²) in [5.41, 5.74) is 0.997. The first-order valence-corrected chi connectivity index (χ1v) is 12.1. The van der Waals surface area contributed by atoms with Crippen molar-refractivity contribution in [2.75, 3.05) is 14.2 Å². The highest BCUT2D eigenvalue weighted by Crippen LogP contribution is 2.47. The quantitative estimate of drug-likeness (QED) is 0.211. The van der Waals surface area contributed by atoms with Crippen LogP contribution in [0.5, 0.6) is 11.5 Å². The number of ether oxygens (including phenoxy) is 2. The van der Waals surface area contributed by atoms with Crippen molar-refractivity contribution in [2.24, 2.45) is 0 Å². The fourth-order valence-electron chi connectivity index (χ4n) is 6.25. The predicted octanol–water partition coefficient (Wildman–Crippen LogP) is 6.78. The monoisotopic (exact) mass is 470 g/mol. The molecule has 0 aliphatic rings. The molecule has 7 aromatic carbocycles. The van der Waals surface area contributed by atoms with Gasteiger partial charge in [0.2, 0.25) is 0 Å². The molecule has 0 fully saturated rings. The third-order valence-corrected chi connectivity index (χ3v) is 7.73. The van der Waals surface area contributed by atoms with Gasteiger partial charge in [-0.1, -0.05) is 61.5 Å². The van der Waals surface area contributed by atoms with Crippen molar-refractivity contribution in [3.63, 3.8) is 0 Å². The lowest BCUT2D eigenvalue weighted by Gasteiger charge is -2.20. The molecule has 0 saturated heterocycles. The molecule has 7 aromatic rings. The second-order valence-electron chi connectivity index (χ2n) is 9.28. The van der Waals surface area contributed by atoms with Crippen LogP contribution in [0.4, 0.5) is 0 Å². The first kappa shape index (κ1) is 20.9. The molecular formula is C32H22O4. The molecule has 0 spiro atoms. The highest BCUT2D eigenvalue weighted by Gasteiger charge is 2.24. The molecule has 0 unspecified atom stereocenters. The molecule has 0 N–H and O–H groups in total. The van der Waals surface area contributed by atoms with Crippen LogP contribution in [0.15, 0.2) is 76.3 Å². The van der Waals surface area contributed by atoms with Crippen LogP contribution >= 0.6 is 0 Å². The van der Waals surface area contributed by atoms with Crippen LogP contribution in [0.2, 0.25) is 0 Å². The van der Waals surface area contributed by atoms with Crippen LogP contribution in [0.25, 0.3) is 64.6 Å². The van der Waals surface area contributed by atoms with Crippen molar-refractivity contribution in [3.8, 4) is 11.5 Å². The van der Waals surface area contributed by atoms with Crippen LogP contribution in [-0.2, 0) is 6.42 Å². The zero-order valence-electron chi connectivity index (χ0n) is 20.2. The summed E-state index contributed by atoms with van der Waals surface area (Å²) < 4.78 is 11.6. The van der Waals surface area contributed by atoms with Gasteiger partial charge in [0.1, 0.15) is 11.5 Å². The Hall–Kier alpha value is -4.44. The van der Waals surface area contributed by atoms with Crippen molar-refractivity contribution in [1.82, 2.24) is 0 Å². The zero-order valence-corrected chi connectivity index (χ0v) is 20.2. The number of rotatable bonds is 3. The molecule has 0 aliphatic carbocycles. The topological polar surface area (TPSA) is 52.6 Å². The summed E-state index contributed by atoms with van der Waals surface area (Å²) in [6.07, 6.45) is 0.738. The van der Waals surface area contributed by atoms with Gasteiger partial charge in [-0.3, -0.25) is 9.59 Å². The summed E-state index contributed by atoms with van der Waals surface area (Å²) in [7, 11) is 3.26. The fraction of sp³-hybridized carbons (Fsp3) is 0.125. The SMILES string of the molecule is CCc1ccc2c3c1c(=O)c1cccc(OC)c1c3c1cccc3c(=O)c4cccc(OC)c4c2c31. The van der Waals surface area contributed by atoms with E-state index in [1.807, 2.05) is 48.5 Å². The van der Waals surface area contributed by atoms with E-state index in [-0.39, 0.29) is 10.9 Å². The van der Waals surface area contributed by atoms with Gasteiger partial charge < -0.3 is 9.47 Å². The maximum Gasteiger partial charge on any atom is 0.194 e. The molecule has 0 amide bonds. The Balaban J connectivity index is 2.00. The standard InChI is InChI=1S/C32H22O4/c1-4-16-14-15-18-28-24(16)32(34)21-11-7-13-23(36-3)27(21)30(28)17-8-5-9-19-25(17)29(18)26-20(31(19)33)10-6-12-22(26)35-2/h5-15H,4H2,1-3H3. The molecule has 174 valence electrons. The summed E-state index contributed by atoms with van der Waals surface area (Å²) in [6, 6.07) is 21.3. The third-order valence-electron chi connectivity index (χ3n) is 7.73. The lowest BCUT2D eigenvalue weighted by Crippen LogP contribution is -2.09. The van der Waals surface area contributed by atoms with Crippen molar-refractivity contribution in [2.45, 2.75) is 13.3 Å². The van der Waals surface area contributed by atoms with E-state index in [9.17, 15) is 9.59 Å². The molecule has 0 aliphatic heterocycles. The minimum atomic E-state index is -0.0221. The van der Waals surface area contributed by atoms with Gasteiger partial charge in [0.15, 0.2) is 10.9 Å². The molecule has 0 atom stereocenters. The molecule has 0 saturated carbocycles. The Morgan fingerprint density at radius 1 is 0.500 bits per heavy atom. The van der Waals surface area contributed by atoms with Gasteiger partial charge in [0.05, 0.1) is 14.2 Å². The van der Waals surface area contributed by atoms with E-state index in [4.69, 9.17) is 9.47 Å². The Morgan fingerprint density at radius 2 is 0.972 bits per heavy atom. The number of methoxy groups -OCH3 is 2. The first-order valence-electron chi connectivity index (χ1n) is 12.1. The van der Waals surface area contributed by atoms with Crippen LogP contribution in [0.1, 0.15) is 12.5 Å². The van der Waals surface area contributed by atoms with E-state index in [0.717, 1.165) is 60.5 Å². The average molecular weight is 471 g/mol. The van der Waals surface area contributed by atoms with Gasteiger partial charge >= 0.3 is 0 Å². The van der Waals surface area contributed by atoms with Crippen LogP contribution < -0.4 is 20.3 Å². The fourth-order valence-corrected chi connectivity index (χ4v) is 6.25. The lowest BCUT2D eigenvalue weighted by molar-refractivity contribution is 0.420. The highest BCUT2D eigenvalue weighted by molar-refractivity contribution is 6.42. The van der Waals surface area contributed by atoms with E-state index in [0.29, 0.717) is 27.7 Å². The Kier molecular flexibility index (Phi) is 4.23. The Morgan fingerprint density at radius 3 is 1.58 bits per heavy atom. The van der Waals surface area contributed by atoms with Crippen molar-refractivity contribution < 1.29 is 9.47 Å². The number of benzene rings is 7.